The van der Waals surface area contributed by atoms with Crippen LogP contribution in [0, 0.1) is 17.3 Å². The Bertz CT molecular complexity index is 632. The first-order valence-corrected chi connectivity index (χ1v) is 10.6. The Hall–Kier alpha value is -1.79. The SMILES string of the molecule is CCNC(=NCC1(C2CC2)CCC1)N1CCC(C2(C)NC(=O)NC2=O)CC1. The molecule has 7 heteroatoms. The number of nitrogens with one attached hydrogen (secondary N) is 3. The summed E-state index contributed by atoms with van der Waals surface area (Å²) in [7, 11) is 0. The van der Waals surface area contributed by atoms with Crippen LogP contribution in [0.1, 0.15) is 58.8 Å². The molecular formula is C20H33N5O2. The highest BCUT2D eigenvalue weighted by atomic mass is 16.2. The van der Waals surface area contributed by atoms with E-state index in [9.17, 15) is 9.59 Å². The number of rotatable bonds is 5. The van der Waals surface area contributed by atoms with Crippen LogP contribution in [0.4, 0.5) is 4.79 Å². The molecule has 1 atom stereocenters. The predicted molar refractivity (Wildman–Crippen MR) is 104 cm³/mol. The van der Waals surface area contributed by atoms with Crippen LogP contribution in [0.25, 0.3) is 0 Å². The van der Waals surface area contributed by atoms with Crippen LogP contribution in [-0.4, -0.2) is 54.5 Å². The number of hydrogen-bond donors (Lipinski definition) is 3. The molecule has 3 N–H and O–H groups in total. The summed E-state index contributed by atoms with van der Waals surface area (Å²) < 4.78 is 0. The zero-order chi connectivity index (χ0) is 19.1. The molecule has 0 aromatic heterocycles. The Labute approximate surface area is 161 Å². The lowest BCUT2D eigenvalue weighted by molar-refractivity contribution is -0.125. The van der Waals surface area contributed by atoms with Crippen LogP contribution in [0.5, 0.6) is 0 Å². The Balaban J connectivity index is 1.38. The van der Waals surface area contributed by atoms with Gasteiger partial charge in [0.25, 0.3) is 5.91 Å². The molecule has 0 spiro atoms. The highest BCUT2D eigenvalue weighted by molar-refractivity contribution is 6.07. The summed E-state index contributed by atoms with van der Waals surface area (Å²) in [5, 5.41) is 8.69. The van der Waals surface area contributed by atoms with Crippen molar-refractivity contribution in [2.45, 2.75) is 64.3 Å². The third kappa shape index (κ3) is 3.41. The van der Waals surface area contributed by atoms with Crippen LogP contribution in [0.15, 0.2) is 4.99 Å². The highest BCUT2D eigenvalue weighted by Gasteiger charge is 2.50. The Kier molecular flexibility index (Phi) is 4.80. The second kappa shape index (κ2) is 6.99. The summed E-state index contributed by atoms with van der Waals surface area (Å²) in [5.41, 5.74) is -0.292. The molecule has 27 heavy (non-hydrogen) atoms. The van der Waals surface area contributed by atoms with Gasteiger partial charge in [-0.05, 0) is 69.6 Å². The molecule has 2 heterocycles. The van der Waals surface area contributed by atoms with Gasteiger partial charge in [-0.1, -0.05) is 6.42 Å². The number of carbonyl (C=O) groups is 2. The smallest absolute Gasteiger partial charge is 0.322 e. The minimum absolute atomic E-state index is 0.160. The fourth-order valence-electron chi connectivity index (χ4n) is 5.19. The van der Waals surface area contributed by atoms with E-state index in [0.717, 1.165) is 50.9 Å². The average Bonchev–Trinajstić information content (AvgIpc) is 3.41. The van der Waals surface area contributed by atoms with Crippen molar-refractivity contribution in [1.82, 2.24) is 20.9 Å². The average molecular weight is 376 g/mol. The molecule has 0 bridgehead atoms. The first-order chi connectivity index (χ1) is 13.0. The van der Waals surface area contributed by atoms with Gasteiger partial charge in [0.1, 0.15) is 5.54 Å². The predicted octanol–water partition coefficient (Wildman–Crippen LogP) is 1.84. The summed E-state index contributed by atoms with van der Waals surface area (Å²) >= 11 is 0. The number of nitrogens with zero attached hydrogens (tertiary/aromatic N) is 2. The molecule has 0 aromatic rings. The number of likely N-dealkylation sites (tertiary alicyclic amines) is 1. The van der Waals surface area contributed by atoms with E-state index in [0.29, 0.717) is 5.41 Å². The van der Waals surface area contributed by atoms with Gasteiger partial charge in [0, 0.05) is 26.2 Å². The summed E-state index contributed by atoms with van der Waals surface area (Å²) in [5.74, 6) is 1.90. The van der Waals surface area contributed by atoms with E-state index in [-0.39, 0.29) is 17.9 Å². The minimum atomic E-state index is -0.777. The van der Waals surface area contributed by atoms with Crippen LogP contribution in [-0.2, 0) is 4.79 Å². The van der Waals surface area contributed by atoms with Crippen molar-refractivity contribution < 1.29 is 9.59 Å². The van der Waals surface area contributed by atoms with E-state index in [2.05, 4.69) is 27.8 Å². The van der Waals surface area contributed by atoms with Gasteiger partial charge in [-0.2, -0.15) is 0 Å². The van der Waals surface area contributed by atoms with Crippen molar-refractivity contribution in [3.05, 3.63) is 0 Å². The van der Waals surface area contributed by atoms with E-state index in [1.165, 1.54) is 32.1 Å². The van der Waals surface area contributed by atoms with Gasteiger partial charge in [0.15, 0.2) is 5.96 Å². The van der Waals surface area contributed by atoms with E-state index < -0.39 is 5.54 Å². The van der Waals surface area contributed by atoms with Gasteiger partial charge in [-0.25, -0.2) is 4.79 Å². The van der Waals surface area contributed by atoms with Gasteiger partial charge in [0.05, 0.1) is 0 Å². The zero-order valence-corrected chi connectivity index (χ0v) is 16.6. The Morgan fingerprint density at radius 1 is 1.19 bits per heavy atom. The molecule has 0 radical (unpaired) electrons. The molecule has 2 saturated carbocycles. The molecule has 4 rings (SSSR count). The third-order valence-electron chi connectivity index (χ3n) is 7.35. The maximum absolute atomic E-state index is 12.2. The number of amides is 3. The van der Waals surface area contributed by atoms with E-state index in [4.69, 9.17) is 4.99 Å². The lowest BCUT2D eigenvalue weighted by atomic mass is 9.65. The van der Waals surface area contributed by atoms with Gasteiger partial charge in [-0.15, -0.1) is 0 Å². The molecule has 2 aliphatic heterocycles. The van der Waals surface area contributed by atoms with Gasteiger partial charge >= 0.3 is 6.03 Å². The second-order valence-electron chi connectivity index (χ2n) is 9.03. The van der Waals surface area contributed by atoms with Crippen LogP contribution in [0.3, 0.4) is 0 Å². The van der Waals surface area contributed by atoms with E-state index in [1.54, 1.807) is 0 Å². The fourth-order valence-corrected chi connectivity index (χ4v) is 5.19. The number of aliphatic imine (C=N–C) groups is 1. The van der Waals surface area contributed by atoms with Crippen molar-refractivity contribution in [1.29, 1.82) is 0 Å². The van der Waals surface area contributed by atoms with E-state index >= 15 is 0 Å². The number of piperidine rings is 1. The maximum atomic E-state index is 12.2. The summed E-state index contributed by atoms with van der Waals surface area (Å²) in [6, 6.07) is -0.370. The summed E-state index contributed by atoms with van der Waals surface area (Å²) in [6.07, 6.45) is 8.59. The monoisotopic (exact) mass is 375 g/mol. The van der Waals surface area contributed by atoms with Crippen molar-refractivity contribution in [3.63, 3.8) is 0 Å². The number of imide groups is 1. The lowest BCUT2D eigenvalue weighted by Gasteiger charge is -2.42. The van der Waals surface area contributed by atoms with E-state index in [1.807, 2.05) is 6.92 Å². The fraction of sp³-hybridized carbons (Fsp3) is 0.850. The maximum Gasteiger partial charge on any atom is 0.322 e. The standard InChI is InChI=1S/C20H33N5O2/c1-3-21-17(22-13-20(9-4-10-20)15-5-6-15)25-11-7-14(8-12-25)19(2)16(26)23-18(27)24-19/h14-15H,3-13H2,1-2H3,(H,21,22)(H2,23,24,26,27). The zero-order valence-electron chi connectivity index (χ0n) is 16.6. The van der Waals surface area contributed by atoms with Gasteiger partial charge < -0.3 is 15.5 Å². The van der Waals surface area contributed by atoms with Crippen LogP contribution < -0.4 is 16.0 Å². The Morgan fingerprint density at radius 3 is 2.37 bits per heavy atom. The molecule has 1 unspecified atom stereocenters. The van der Waals surface area contributed by atoms with Crippen molar-refractivity contribution in [3.8, 4) is 0 Å². The topological polar surface area (TPSA) is 85.8 Å². The van der Waals surface area contributed by atoms with Crippen molar-refractivity contribution in [2.24, 2.45) is 22.2 Å². The third-order valence-corrected chi connectivity index (χ3v) is 7.35. The first-order valence-electron chi connectivity index (χ1n) is 10.6. The van der Waals surface area contributed by atoms with Crippen molar-refractivity contribution >= 4 is 17.9 Å². The molecule has 3 amide bonds. The Morgan fingerprint density at radius 2 is 1.89 bits per heavy atom. The largest absolute Gasteiger partial charge is 0.357 e. The lowest BCUT2D eigenvalue weighted by Crippen LogP contribution is -2.55. The molecule has 4 aliphatic rings. The number of carbonyl (C=O) groups excluding carboxylic acids is 2. The minimum Gasteiger partial charge on any atom is -0.357 e. The molecule has 2 aliphatic carbocycles. The highest BCUT2D eigenvalue weighted by Crippen LogP contribution is 2.57. The normalized spacial score (nSPS) is 31.3. The van der Waals surface area contributed by atoms with Crippen molar-refractivity contribution in [2.75, 3.05) is 26.2 Å². The summed E-state index contributed by atoms with van der Waals surface area (Å²) in [4.78, 5) is 31.1. The molecular weight excluding hydrogens is 342 g/mol. The number of urea groups is 1. The first kappa shape index (κ1) is 18.6. The molecule has 7 nitrogen and oxygen atoms in total. The molecule has 0 aromatic carbocycles. The van der Waals surface area contributed by atoms with Gasteiger partial charge in [-0.3, -0.25) is 15.1 Å². The summed E-state index contributed by atoms with van der Waals surface area (Å²) in [6.45, 7) is 7.52. The molecule has 150 valence electrons. The molecule has 4 fully saturated rings. The van der Waals surface area contributed by atoms with Gasteiger partial charge in [0.2, 0.25) is 0 Å². The number of guanidine groups is 1. The molecule has 2 saturated heterocycles. The van der Waals surface area contributed by atoms with Crippen LogP contribution in [0.2, 0.25) is 0 Å². The van der Waals surface area contributed by atoms with Crippen LogP contribution >= 0.6 is 0 Å². The second-order valence-corrected chi connectivity index (χ2v) is 9.03. The quantitative estimate of drug-likeness (QED) is 0.389. The number of hydrogen-bond acceptors (Lipinski definition) is 3.